The average molecular weight is 490 g/mol. The number of alkyl halides is 3. The lowest BCUT2D eigenvalue weighted by Gasteiger charge is -2.20. The summed E-state index contributed by atoms with van der Waals surface area (Å²) in [6.07, 6.45) is -5.33. The molecule has 182 valence electrons. The summed E-state index contributed by atoms with van der Waals surface area (Å²) in [6, 6.07) is 7.00. The van der Waals surface area contributed by atoms with Gasteiger partial charge in [0.05, 0.1) is 29.6 Å². The second-order valence-electron chi connectivity index (χ2n) is 7.08. The number of carbonyl (C=O) groups is 1. The van der Waals surface area contributed by atoms with Crippen LogP contribution >= 0.6 is 7.60 Å². The molecule has 0 aliphatic rings. The topological polar surface area (TPSA) is 120 Å². The van der Waals surface area contributed by atoms with Crippen LogP contribution in [0.3, 0.4) is 0 Å². The fourth-order valence-electron chi connectivity index (χ4n) is 2.63. The molecule has 0 saturated heterocycles. The Bertz CT molecular complexity index is 1010. The number of carbonyl (C=O) groups excluding carboxylic acids is 1. The first-order valence-corrected chi connectivity index (χ1v) is 11.8. The molecule has 8 nitrogen and oxygen atoms in total. The molecule has 0 saturated carbocycles. The third-order valence-electron chi connectivity index (χ3n) is 4.44. The summed E-state index contributed by atoms with van der Waals surface area (Å²) in [5.41, 5.74) is 4.48. The van der Waals surface area contributed by atoms with Gasteiger partial charge >= 0.3 is 19.7 Å². The Morgan fingerprint density at radius 3 is 2.39 bits per heavy atom. The van der Waals surface area contributed by atoms with Gasteiger partial charge in [0, 0.05) is 6.07 Å². The van der Waals surface area contributed by atoms with Gasteiger partial charge in [0.1, 0.15) is 23.3 Å². The molecule has 0 aliphatic heterocycles. The lowest BCUT2D eigenvalue weighted by Crippen LogP contribution is -2.13. The Labute approximate surface area is 189 Å². The van der Waals surface area contributed by atoms with E-state index in [0.717, 1.165) is 6.07 Å². The first kappa shape index (κ1) is 26.5. The molecular formula is C21H26F3N2O6P. The van der Waals surface area contributed by atoms with Crippen LogP contribution in [0.1, 0.15) is 43.1 Å². The number of hydrogen-bond acceptors (Lipinski definition) is 7. The number of halogens is 3. The Morgan fingerprint density at radius 2 is 1.85 bits per heavy atom. The number of hydrogen-bond donors (Lipinski definition) is 3. The summed E-state index contributed by atoms with van der Waals surface area (Å²) < 4.78 is 68.2. The molecule has 0 aliphatic carbocycles. The molecule has 0 heterocycles. The van der Waals surface area contributed by atoms with Crippen molar-refractivity contribution in [2.75, 3.05) is 23.9 Å². The normalized spacial score (nSPS) is 14.3. The van der Waals surface area contributed by atoms with E-state index in [1.54, 1.807) is 20.8 Å². The fourth-order valence-corrected chi connectivity index (χ4v) is 3.79. The Kier molecular flexibility index (Phi) is 8.76. The molecule has 2 atom stereocenters. The Morgan fingerprint density at radius 1 is 1.21 bits per heavy atom. The number of nitrogen functional groups attached to an aromatic ring is 1. The zero-order valence-corrected chi connectivity index (χ0v) is 19.2. The van der Waals surface area contributed by atoms with Gasteiger partial charge in [0.25, 0.3) is 0 Å². The molecular weight excluding hydrogens is 464 g/mol. The number of nitrogens with two attached hydrogens (primary N) is 1. The molecule has 0 amide bonds. The second-order valence-corrected chi connectivity index (χ2v) is 8.88. The van der Waals surface area contributed by atoms with Gasteiger partial charge in [-0.15, -0.1) is 0 Å². The van der Waals surface area contributed by atoms with Crippen LogP contribution in [-0.2, 0) is 20.0 Å². The lowest BCUT2D eigenvalue weighted by atomic mass is 10.1. The summed E-state index contributed by atoms with van der Waals surface area (Å²) in [7, 11) is -4.07. The number of ether oxygens (including phenoxy) is 2. The number of anilines is 2. The first-order valence-electron chi connectivity index (χ1n) is 10.1. The quantitative estimate of drug-likeness (QED) is 0.223. The van der Waals surface area contributed by atoms with Crippen molar-refractivity contribution in [2.45, 2.75) is 39.5 Å². The molecule has 2 rings (SSSR count). The maximum atomic E-state index is 13.6. The highest BCUT2D eigenvalue weighted by molar-refractivity contribution is 7.52. The van der Waals surface area contributed by atoms with Crippen molar-refractivity contribution in [3.63, 3.8) is 0 Å². The smallest absolute Gasteiger partial charge is 0.420 e. The van der Waals surface area contributed by atoms with Gasteiger partial charge in [0.15, 0.2) is 0 Å². The summed E-state index contributed by atoms with van der Waals surface area (Å²) in [4.78, 5) is 21.7. The standard InChI is InChI=1S/C21H26F3N2O6P/c1-4-13(3)32-33(28,29)12-26-18-11-19(16(10-17(18)25)21(22,23)24)31-15-8-6-14(7-9-15)20(27)30-5-2/h6-11,13,26H,4-5,12,25H2,1-3H3,(H,28,29). The van der Waals surface area contributed by atoms with Crippen molar-refractivity contribution in [1.82, 2.24) is 0 Å². The summed E-state index contributed by atoms with van der Waals surface area (Å²) in [5.74, 6) is -1.14. The third kappa shape index (κ3) is 7.66. The van der Waals surface area contributed by atoms with E-state index in [4.69, 9.17) is 19.7 Å². The summed E-state index contributed by atoms with van der Waals surface area (Å²) in [5, 5.41) is 2.55. The van der Waals surface area contributed by atoms with Crippen LogP contribution in [0.15, 0.2) is 36.4 Å². The maximum absolute atomic E-state index is 13.6. The van der Waals surface area contributed by atoms with Crippen molar-refractivity contribution in [1.29, 1.82) is 0 Å². The Balaban J connectivity index is 2.30. The number of esters is 1. The number of benzene rings is 2. The Hall–Kier alpha value is -2.75. The monoisotopic (exact) mass is 490 g/mol. The predicted molar refractivity (Wildman–Crippen MR) is 117 cm³/mol. The highest BCUT2D eigenvalue weighted by Gasteiger charge is 2.36. The molecule has 12 heteroatoms. The molecule has 0 aromatic heterocycles. The van der Waals surface area contributed by atoms with Crippen molar-refractivity contribution in [3.05, 3.63) is 47.5 Å². The van der Waals surface area contributed by atoms with E-state index in [0.29, 0.717) is 12.5 Å². The van der Waals surface area contributed by atoms with Gasteiger partial charge in [-0.2, -0.15) is 13.2 Å². The molecule has 0 radical (unpaired) electrons. The minimum atomic E-state index is -4.78. The minimum Gasteiger partial charge on any atom is -0.462 e. The molecule has 0 fully saturated rings. The van der Waals surface area contributed by atoms with E-state index >= 15 is 0 Å². The molecule has 0 spiro atoms. The van der Waals surface area contributed by atoms with Gasteiger partial charge in [-0.05, 0) is 50.6 Å². The van der Waals surface area contributed by atoms with Crippen LogP contribution in [0.25, 0.3) is 0 Å². The predicted octanol–water partition coefficient (Wildman–Crippen LogP) is 5.63. The molecule has 4 N–H and O–H groups in total. The third-order valence-corrected chi connectivity index (χ3v) is 5.69. The van der Waals surface area contributed by atoms with Crippen LogP contribution in [-0.4, -0.2) is 29.9 Å². The van der Waals surface area contributed by atoms with Gasteiger partial charge in [0.2, 0.25) is 0 Å². The molecule has 0 bridgehead atoms. The SMILES string of the molecule is CCOC(=O)c1ccc(Oc2cc(NCP(=O)(O)OC(C)CC)c(N)cc2C(F)(F)F)cc1. The van der Waals surface area contributed by atoms with Crippen LogP contribution in [0, 0.1) is 0 Å². The van der Waals surface area contributed by atoms with E-state index < -0.39 is 43.4 Å². The van der Waals surface area contributed by atoms with Crippen molar-refractivity contribution >= 4 is 24.9 Å². The van der Waals surface area contributed by atoms with Crippen LogP contribution in [0.5, 0.6) is 11.5 Å². The van der Waals surface area contributed by atoms with Crippen molar-refractivity contribution in [2.24, 2.45) is 0 Å². The van der Waals surface area contributed by atoms with Crippen molar-refractivity contribution in [3.8, 4) is 11.5 Å². The lowest BCUT2D eigenvalue weighted by molar-refractivity contribution is -0.138. The average Bonchev–Trinajstić information content (AvgIpc) is 2.73. The highest BCUT2D eigenvalue weighted by atomic mass is 31.2. The zero-order chi connectivity index (χ0) is 24.8. The van der Waals surface area contributed by atoms with Gasteiger partial charge in [-0.25, -0.2) is 4.79 Å². The minimum absolute atomic E-state index is 0.0252. The van der Waals surface area contributed by atoms with E-state index in [2.05, 4.69) is 5.32 Å². The molecule has 2 aromatic rings. The zero-order valence-electron chi connectivity index (χ0n) is 18.3. The fraction of sp³-hybridized carbons (Fsp3) is 0.381. The van der Waals surface area contributed by atoms with Gasteiger partial charge in [-0.1, -0.05) is 6.92 Å². The molecule has 33 heavy (non-hydrogen) atoms. The van der Waals surface area contributed by atoms with Crippen molar-refractivity contribution < 1.29 is 41.4 Å². The van der Waals surface area contributed by atoms with Gasteiger partial charge < -0.3 is 29.9 Å². The number of rotatable bonds is 10. The first-order chi connectivity index (χ1) is 15.4. The van der Waals surface area contributed by atoms with E-state index in [1.807, 2.05) is 0 Å². The van der Waals surface area contributed by atoms with E-state index in [9.17, 15) is 27.4 Å². The highest BCUT2D eigenvalue weighted by Crippen LogP contribution is 2.46. The summed E-state index contributed by atoms with van der Waals surface area (Å²) in [6.45, 7) is 5.22. The largest absolute Gasteiger partial charge is 0.462 e. The second kappa shape index (κ2) is 10.9. The van der Waals surface area contributed by atoms with Crippen LogP contribution in [0.2, 0.25) is 0 Å². The number of nitrogens with one attached hydrogen (secondary N) is 1. The maximum Gasteiger partial charge on any atom is 0.420 e. The van der Waals surface area contributed by atoms with E-state index in [-0.39, 0.29) is 29.3 Å². The van der Waals surface area contributed by atoms with Gasteiger partial charge in [-0.3, -0.25) is 4.57 Å². The van der Waals surface area contributed by atoms with E-state index in [1.165, 1.54) is 24.3 Å². The van der Waals surface area contributed by atoms with Crippen LogP contribution in [0.4, 0.5) is 24.5 Å². The van der Waals surface area contributed by atoms with Crippen LogP contribution < -0.4 is 15.8 Å². The molecule has 2 aromatic carbocycles. The summed E-state index contributed by atoms with van der Waals surface area (Å²) >= 11 is 0. The molecule has 2 unspecified atom stereocenters.